The molecule has 0 atom stereocenters. The minimum Gasteiger partial charge on any atom is -0.369 e. The molecule has 0 radical (unpaired) electrons. The van der Waals surface area contributed by atoms with Gasteiger partial charge in [0.1, 0.15) is 5.82 Å². The lowest BCUT2D eigenvalue weighted by Crippen LogP contribution is -2.14. The zero-order valence-electron chi connectivity index (χ0n) is 8.90. The van der Waals surface area contributed by atoms with E-state index in [9.17, 15) is 0 Å². The van der Waals surface area contributed by atoms with Gasteiger partial charge >= 0.3 is 0 Å². The summed E-state index contributed by atoms with van der Waals surface area (Å²) < 4.78 is 0. The monoisotopic (exact) mass is 194 g/mol. The highest BCUT2D eigenvalue weighted by Crippen LogP contribution is 1.98. The molecule has 0 aromatic carbocycles. The van der Waals surface area contributed by atoms with E-state index in [1.807, 2.05) is 0 Å². The van der Waals surface area contributed by atoms with Crippen LogP contribution in [-0.4, -0.2) is 42.1 Å². The fraction of sp³-hybridized carbons (Fsp3) is 0.600. The predicted molar refractivity (Wildman–Crippen MR) is 58.3 cm³/mol. The molecule has 1 aromatic heterocycles. The number of nitrogens with one attached hydrogen (secondary N) is 1. The third-order valence-corrected chi connectivity index (χ3v) is 1.90. The van der Waals surface area contributed by atoms with E-state index in [1.165, 1.54) is 6.42 Å². The molecule has 1 rings (SSSR count). The third-order valence-electron chi connectivity index (χ3n) is 1.90. The van der Waals surface area contributed by atoms with Crippen molar-refractivity contribution in [2.24, 2.45) is 0 Å². The third kappa shape index (κ3) is 4.77. The van der Waals surface area contributed by atoms with Gasteiger partial charge in [-0.2, -0.15) is 0 Å². The smallest absolute Gasteiger partial charge is 0.144 e. The molecule has 0 bridgehead atoms. The Morgan fingerprint density at radius 2 is 2.14 bits per heavy atom. The fourth-order valence-corrected chi connectivity index (χ4v) is 1.16. The molecule has 0 aliphatic heterocycles. The average molecular weight is 194 g/mol. The van der Waals surface area contributed by atoms with Crippen LogP contribution >= 0.6 is 0 Å². The van der Waals surface area contributed by atoms with E-state index in [1.54, 1.807) is 18.6 Å². The zero-order chi connectivity index (χ0) is 10.2. The Balaban J connectivity index is 2.05. The van der Waals surface area contributed by atoms with Crippen LogP contribution in [0.2, 0.25) is 0 Å². The van der Waals surface area contributed by atoms with E-state index >= 15 is 0 Å². The maximum Gasteiger partial charge on any atom is 0.144 e. The summed E-state index contributed by atoms with van der Waals surface area (Å²) in [6.07, 6.45) is 7.49. The van der Waals surface area contributed by atoms with Gasteiger partial charge in [0.05, 0.1) is 6.20 Å². The van der Waals surface area contributed by atoms with Gasteiger partial charge in [-0.25, -0.2) is 4.98 Å². The summed E-state index contributed by atoms with van der Waals surface area (Å²) >= 11 is 0. The van der Waals surface area contributed by atoms with Crippen molar-refractivity contribution in [1.82, 2.24) is 14.9 Å². The Labute approximate surface area is 85.4 Å². The standard InChI is InChI=1S/C10H18N4/c1-14(2)8-4-3-5-12-10-9-11-6-7-13-10/h6-7,9H,3-5,8H2,1-2H3,(H,12,13). The summed E-state index contributed by atoms with van der Waals surface area (Å²) in [5.41, 5.74) is 0. The molecule has 0 aliphatic carbocycles. The number of hydrogen-bond acceptors (Lipinski definition) is 4. The number of rotatable bonds is 6. The lowest BCUT2D eigenvalue weighted by Gasteiger charge is -2.09. The molecule has 0 saturated carbocycles. The lowest BCUT2D eigenvalue weighted by molar-refractivity contribution is 0.396. The van der Waals surface area contributed by atoms with E-state index in [-0.39, 0.29) is 0 Å². The van der Waals surface area contributed by atoms with Gasteiger partial charge in [-0.3, -0.25) is 4.98 Å². The van der Waals surface area contributed by atoms with Gasteiger partial charge in [0.25, 0.3) is 0 Å². The average Bonchev–Trinajstić information content (AvgIpc) is 2.18. The van der Waals surface area contributed by atoms with Crippen LogP contribution in [0.1, 0.15) is 12.8 Å². The second-order valence-electron chi connectivity index (χ2n) is 3.53. The molecule has 0 amide bonds. The van der Waals surface area contributed by atoms with Crippen molar-refractivity contribution < 1.29 is 0 Å². The van der Waals surface area contributed by atoms with Crippen molar-refractivity contribution in [3.05, 3.63) is 18.6 Å². The van der Waals surface area contributed by atoms with Gasteiger partial charge in [0.15, 0.2) is 0 Å². The molecular formula is C10H18N4. The number of nitrogens with zero attached hydrogens (tertiary/aromatic N) is 3. The quantitative estimate of drug-likeness (QED) is 0.692. The minimum absolute atomic E-state index is 0.859. The van der Waals surface area contributed by atoms with Crippen LogP contribution in [0.5, 0.6) is 0 Å². The van der Waals surface area contributed by atoms with Crippen molar-refractivity contribution >= 4 is 5.82 Å². The lowest BCUT2D eigenvalue weighted by atomic mass is 10.3. The molecule has 4 nitrogen and oxygen atoms in total. The van der Waals surface area contributed by atoms with Crippen molar-refractivity contribution in [3.8, 4) is 0 Å². The topological polar surface area (TPSA) is 41.0 Å². The summed E-state index contributed by atoms with van der Waals surface area (Å²) in [5, 5.41) is 3.23. The molecule has 1 N–H and O–H groups in total. The molecule has 14 heavy (non-hydrogen) atoms. The number of unbranched alkanes of at least 4 members (excludes halogenated alkanes) is 1. The normalized spacial score (nSPS) is 10.5. The summed E-state index contributed by atoms with van der Waals surface area (Å²) in [6.45, 7) is 2.11. The van der Waals surface area contributed by atoms with Crippen LogP contribution in [0.15, 0.2) is 18.6 Å². The molecule has 0 saturated heterocycles. The second-order valence-corrected chi connectivity index (χ2v) is 3.53. The Morgan fingerprint density at radius 3 is 2.79 bits per heavy atom. The van der Waals surface area contributed by atoms with Crippen molar-refractivity contribution in [2.75, 3.05) is 32.5 Å². The molecular weight excluding hydrogens is 176 g/mol. The summed E-state index contributed by atoms with van der Waals surface area (Å²) in [5.74, 6) is 0.859. The van der Waals surface area contributed by atoms with E-state index in [0.717, 1.165) is 25.3 Å². The van der Waals surface area contributed by atoms with E-state index < -0.39 is 0 Å². The number of hydrogen-bond donors (Lipinski definition) is 1. The van der Waals surface area contributed by atoms with Gasteiger partial charge < -0.3 is 10.2 Å². The first kappa shape index (κ1) is 10.9. The molecule has 1 aromatic rings. The first-order chi connectivity index (χ1) is 6.79. The van der Waals surface area contributed by atoms with Crippen LogP contribution < -0.4 is 5.32 Å². The molecule has 0 spiro atoms. The Kier molecular flexibility index (Phi) is 4.93. The maximum atomic E-state index is 4.13. The van der Waals surface area contributed by atoms with Gasteiger partial charge in [-0.05, 0) is 33.5 Å². The fourth-order valence-electron chi connectivity index (χ4n) is 1.16. The molecule has 78 valence electrons. The van der Waals surface area contributed by atoms with Crippen LogP contribution in [0.3, 0.4) is 0 Å². The van der Waals surface area contributed by atoms with Crippen LogP contribution in [0.4, 0.5) is 5.82 Å². The van der Waals surface area contributed by atoms with Gasteiger partial charge in [-0.1, -0.05) is 0 Å². The van der Waals surface area contributed by atoms with Crippen molar-refractivity contribution in [3.63, 3.8) is 0 Å². The SMILES string of the molecule is CN(C)CCCCNc1cnccn1. The molecule has 0 unspecified atom stereocenters. The molecule has 4 heteroatoms. The number of aromatic nitrogens is 2. The summed E-state index contributed by atoms with van der Waals surface area (Å²) in [4.78, 5) is 10.3. The maximum absolute atomic E-state index is 4.13. The highest BCUT2D eigenvalue weighted by atomic mass is 15.0. The van der Waals surface area contributed by atoms with E-state index in [4.69, 9.17) is 0 Å². The number of anilines is 1. The van der Waals surface area contributed by atoms with Crippen molar-refractivity contribution in [1.29, 1.82) is 0 Å². The Bertz CT molecular complexity index is 235. The summed E-state index contributed by atoms with van der Waals surface area (Å²) in [7, 11) is 4.19. The largest absolute Gasteiger partial charge is 0.369 e. The minimum atomic E-state index is 0.859. The van der Waals surface area contributed by atoms with Crippen LogP contribution in [0, 0.1) is 0 Å². The highest BCUT2D eigenvalue weighted by Gasteiger charge is 1.93. The van der Waals surface area contributed by atoms with E-state index in [0.29, 0.717) is 0 Å². The predicted octanol–water partition coefficient (Wildman–Crippen LogP) is 1.23. The molecule has 0 aliphatic rings. The second kappa shape index (κ2) is 6.32. The first-order valence-electron chi connectivity index (χ1n) is 4.93. The molecule has 1 heterocycles. The first-order valence-corrected chi connectivity index (χ1v) is 4.93. The Hall–Kier alpha value is -1.16. The highest BCUT2D eigenvalue weighted by molar-refractivity contribution is 5.29. The van der Waals surface area contributed by atoms with Crippen molar-refractivity contribution in [2.45, 2.75) is 12.8 Å². The van der Waals surface area contributed by atoms with Gasteiger partial charge in [0, 0.05) is 18.9 Å². The van der Waals surface area contributed by atoms with Crippen LogP contribution in [0.25, 0.3) is 0 Å². The van der Waals surface area contributed by atoms with Gasteiger partial charge in [0.2, 0.25) is 0 Å². The van der Waals surface area contributed by atoms with Gasteiger partial charge in [-0.15, -0.1) is 0 Å². The zero-order valence-corrected chi connectivity index (χ0v) is 8.90. The van der Waals surface area contributed by atoms with Crippen LogP contribution in [-0.2, 0) is 0 Å². The molecule has 0 fully saturated rings. The summed E-state index contributed by atoms with van der Waals surface area (Å²) in [6, 6.07) is 0. The van der Waals surface area contributed by atoms with E-state index in [2.05, 4.69) is 34.3 Å². The Morgan fingerprint density at radius 1 is 1.29 bits per heavy atom.